The number of carboxylic acids is 1. The van der Waals surface area contributed by atoms with Gasteiger partial charge in [0.1, 0.15) is 0 Å². The lowest BCUT2D eigenvalue weighted by molar-refractivity contribution is -0.179. The second-order valence-corrected chi connectivity index (χ2v) is 6.43. The van der Waals surface area contributed by atoms with Crippen LogP contribution in [0, 0.1) is 16.7 Å². The van der Waals surface area contributed by atoms with Crippen LogP contribution in [0.15, 0.2) is 50.6 Å². The SMILES string of the molecule is C=CCC(CC=C)(C(=O)O)C(CC=C)(CC=C)C(=O)OCC(C)C. The average molecular weight is 334 g/mol. The second kappa shape index (κ2) is 9.91. The zero-order valence-electron chi connectivity index (χ0n) is 14.9. The first-order valence-corrected chi connectivity index (χ1v) is 8.12. The summed E-state index contributed by atoms with van der Waals surface area (Å²) < 4.78 is 5.46. The molecule has 0 heterocycles. The van der Waals surface area contributed by atoms with Crippen LogP contribution < -0.4 is 0 Å². The van der Waals surface area contributed by atoms with Crippen LogP contribution in [0.25, 0.3) is 0 Å². The highest BCUT2D eigenvalue weighted by molar-refractivity contribution is 5.88. The lowest BCUT2D eigenvalue weighted by atomic mass is 9.56. The number of allylic oxidation sites excluding steroid dienone is 4. The molecule has 0 saturated heterocycles. The molecule has 0 rings (SSSR count). The van der Waals surface area contributed by atoms with Gasteiger partial charge in [-0.15, -0.1) is 26.3 Å². The van der Waals surface area contributed by atoms with Crippen LogP contribution >= 0.6 is 0 Å². The third-order valence-corrected chi connectivity index (χ3v) is 4.24. The van der Waals surface area contributed by atoms with Crippen molar-refractivity contribution in [2.75, 3.05) is 6.61 Å². The fourth-order valence-corrected chi connectivity index (χ4v) is 3.06. The first-order chi connectivity index (χ1) is 11.3. The third-order valence-electron chi connectivity index (χ3n) is 4.24. The summed E-state index contributed by atoms with van der Waals surface area (Å²) in [6, 6.07) is 0. The number of aliphatic carboxylic acids is 1. The minimum atomic E-state index is -1.41. The van der Waals surface area contributed by atoms with E-state index in [-0.39, 0.29) is 38.2 Å². The molecule has 0 amide bonds. The molecule has 24 heavy (non-hydrogen) atoms. The summed E-state index contributed by atoms with van der Waals surface area (Å²) in [5.41, 5.74) is -2.72. The van der Waals surface area contributed by atoms with Gasteiger partial charge >= 0.3 is 11.9 Å². The highest BCUT2D eigenvalue weighted by atomic mass is 16.5. The number of esters is 1. The molecule has 1 N–H and O–H groups in total. The molecule has 0 unspecified atom stereocenters. The lowest BCUT2D eigenvalue weighted by Gasteiger charge is -2.44. The number of carboxylic acid groups (broad SMARTS) is 1. The second-order valence-electron chi connectivity index (χ2n) is 6.43. The van der Waals surface area contributed by atoms with Gasteiger partial charge in [0.15, 0.2) is 0 Å². The molecular weight excluding hydrogens is 304 g/mol. The van der Waals surface area contributed by atoms with Gasteiger partial charge in [0.25, 0.3) is 0 Å². The van der Waals surface area contributed by atoms with Crippen molar-refractivity contribution in [1.82, 2.24) is 0 Å². The Bertz CT molecular complexity index is 468. The van der Waals surface area contributed by atoms with Crippen LogP contribution in [0.3, 0.4) is 0 Å². The molecule has 0 aromatic carbocycles. The summed E-state index contributed by atoms with van der Waals surface area (Å²) in [5.74, 6) is -1.47. The number of ether oxygens (including phenoxy) is 1. The van der Waals surface area contributed by atoms with Crippen molar-refractivity contribution in [3.05, 3.63) is 50.6 Å². The lowest BCUT2D eigenvalue weighted by Crippen LogP contribution is -2.53. The Balaban J connectivity index is 6.35. The summed E-state index contributed by atoms with van der Waals surface area (Å²) >= 11 is 0. The number of rotatable bonds is 13. The van der Waals surface area contributed by atoms with E-state index in [1.54, 1.807) is 12.2 Å². The van der Waals surface area contributed by atoms with Crippen molar-refractivity contribution < 1.29 is 19.4 Å². The first kappa shape index (κ1) is 21.9. The smallest absolute Gasteiger partial charge is 0.313 e. The summed E-state index contributed by atoms with van der Waals surface area (Å²) in [7, 11) is 0. The standard InChI is InChI=1S/C20H30O4/c1-7-11-19(12-8-2,17(21)22)20(13-9-3,14-10-4)18(23)24-15-16(5)6/h7-10,16H,1-4,11-15H2,5-6H3,(H,21,22). The Morgan fingerprint density at radius 1 is 0.917 bits per heavy atom. The number of carbonyl (C=O) groups is 2. The minimum Gasteiger partial charge on any atom is -0.481 e. The van der Waals surface area contributed by atoms with Gasteiger partial charge < -0.3 is 9.84 Å². The van der Waals surface area contributed by atoms with E-state index in [1.807, 2.05) is 13.8 Å². The monoisotopic (exact) mass is 334 g/mol. The molecule has 0 aromatic heterocycles. The van der Waals surface area contributed by atoms with Gasteiger partial charge in [-0.1, -0.05) is 38.2 Å². The zero-order valence-corrected chi connectivity index (χ0v) is 14.9. The van der Waals surface area contributed by atoms with Gasteiger partial charge in [-0.25, -0.2) is 0 Å². The van der Waals surface area contributed by atoms with E-state index in [1.165, 1.54) is 12.2 Å². The van der Waals surface area contributed by atoms with Gasteiger partial charge in [-0.05, 0) is 31.6 Å². The average Bonchev–Trinajstić information content (AvgIpc) is 2.51. The van der Waals surface area contributed by atoms with E-state index in [9.17, 15) is 14.7 Å². The van der Waals surface area contributed by atoms with Crippen LogP contribution in [0.5, 0.6) is 0 Å². The Kier molecular flexibility index (Phi) is 9.04. The molecule has 0 radical (unpaired) electrons. The molecule has 0 aliphatic carbocycles. The maximum atomic E-state index is 13.0. The molecule has 134 valence electrons. The van der Waals surface area contributed by atoms with Crippen LogP contribution in [-0.2, 0) is 14.3 Å². The highest BCUT2D eigenvalue weighted by Crippen LogP contribution is 2.52. The zero-order chi connectivity index (χ0) is 18.8. The van der Waals surface area contributed by atoms with E-state index in [0.717, 1.165) is 0 Å². The number of hydrogen-bond acceptors (Lipinski definition) is 3. The maximum absolute atomic E-state index is 13.0. The molecule has 0 atom stereocenters. The van der Waals surface area contributed by atoms with Crippen molar-refractivity contribution in [2.24, 2.45) is 16.7 Å². The highest BCUT2D eigenvalue weighted by Gasteiger charge is 2.59. The Labute approximate surface area is 145 Å². The van der Waals surface area contributed by atoms with Gasteiger partial charge in [0, 0.05) is 0 Å². The first-order valence-electron chi connectivity index (χ1n) is 8.12. The fraction of sp³-hybridized carbons (Fsp3) is 0.500. The van der Waals surface area contributed by atoms with E-state index < -0.39 is 22.8 Å². The molecule has 0 saturated carbocycles. The van der Waals surface area contributed by atoms with Crippen LogP contribution in [0.1, 0.15) is 39.5 Å². The van der Waals surface area contributed by atoms with Gasteiger partial charge in [-0.3, -0.25) is 9.59 Å². The Morgan fingerprint density at radius 2 is 1.29 bits per heavy atom. The van der Waals surface area contributed by atoms with Gasteiger partial charge in [0.2, 0.25) is 0 Å². The molecule has 4 nitrogen and oxygen atoms in total. The summed E-state index contributed by atoms with van der Waals surface area (Å²) in [6.07, 6.45) is 6.74. The largest absolute Gasteiger partial charge is 0.481 e. The molecule has 0 bridgehead atoms. The molecule has 0 aromatic rings. The Hall–Kier alpha value is -2.10. The minimum absolute atomic E-state index is 0.118. The van der Waals surface area contributed by atoms with E-state index >= 15 is 0 Å². The third kappa shape index (κ3) is 4.47. The summed E-state index contributed by atoms with van der Waals surface area (Å²) in [4.78, 5) is 25.3. The molecule has 0 fully saturated rings. The van der Waals surface area contributed by atoms with Crippen LogP contribution in [0.2, 0.25) is 0 Å². The molecule has 0 aliphatic heterocycles. The molecule has 0 spiro atoms. The number of hydrogen-bond donors (Lipinski definition) is 1. The van der Waals surface area contributed by atoms with Crippen molar-refractivity contribution in [2.45, 2.75) is 39.5 Å². The van der Waals surface area contributed by atoms with Crippen LogP contribution in [-0.4, -0.2) is 23.7 Å². The molecule has 4 heteroatoms. The predicted octanol–water partition coefficient (Wildman–Crippen LogP) is 4.55. The molecule has 0 aliphatic rings. The summed E-state index contributed by atoms with van der Waals surface area (Å²) in [5, 5.41) is 10.0. The van der Waals surface area contributed by atoms with Crippen molar-refractivity contribution in [1.29, 1.82) is 0 Å². The van der Waals surface area contributed by atoms with E-state index in [4.69, 9.17) is 4.74 Å². The van der Waals surface area contributed by atoms with Gasteiger partial charge in [0.05, 0.1) is 17.4 Å². The maximum Gasteiger partial charge on any atom is 0.313 e. The molecular formula is C20H30O4. The fourth-order valence-electron chi connectivity index (χ4n) is 3.06. The van der Waals surface area contributed by atoms with E-state index in [2.05, 4.69) is 26.3 Å². The quantitative estimate of drug-likeness (QED) is 0.396. The topological polar surface area (TPSA) is 63.6 Å². The Morgan fingerprint density at radius 3 is 1.58 bits per heavy atom. The summed E-state index contributed by atoms with van der Waals surface area (Å²) in [6.45, 7) is 18.9. The normalized spacial score (nSPS) is 11.6. The predicted molar refractivity (Wildman–Crippen MR) is 97.6 cm³/mol. The van der Waals surface area contributed by atoms with Crippen molar-refractivity contribution in [3.63, 3.8) is 0 Å². The van der Waals surface area contributed by atoms with Crippen molar-refractivity contribution >= 4 is 11.9 Å². The van der Waals surface area contributed by atoms with Gasteiger partial charge in [-0.2, -0.15) is 0 Å². The van der Waals surface area contributed by atoms with Crippen molar-refractivity contribution in [3.8, 4) is 0 Å². The van der Waals surface area contributed by atoms with E-state index in [0.29, 0.717) is 0 Å². The van der Waals surface area contributed by atoms with Crippen LogP contribution in [0.4, 0.5) is 0 Å². The number of carbonyl (C=O) groups excluding carboxylic acids is 1.